The predicted octanol–water partition coefficient (Wildman–Crippen LogP) is 1.44. The Bertz CT molecular complexity index is 513. The molecule has 110 valence electrons. The van der Waals surface area contributed by atoms with Gasteiger partial charge in [0, 0.05) is 28.8 Å². The Labute approximate surface area is 121 Å². The molecular weight excluding hydrogens is 276 g/mol. The van der Waals surface area contributed by atoms with Gasteiger partial charge in [0.05, 0.1) is 11.9 Å². The molecule has 1 aromatic carbocycles. The van der Waals surface area contributed by atoms with Crippen LogP contribution in [-0.2, 0) is 20.3 Å². The highest BCUT2D eigenvalue weighted by molar-refractivity contribution is 7.85. The molecule has 1 heterocycles. The first-order valence-electron chi connectivity index (χ1n) is 6.68. The number of carbonyl (C=O) groups excluding carboxylic acids is 1. The Morgan fingerprint density at radius 1 is 1.55 bits per heavy atom. The van der Waals surface area contributed by atoms with Crippen LogP contribution in [0.5, 0.6) is 0 Å². The van der Waals surface area contributed by atoms with Crippen LogP contribution in [0.15, 0.2) is 18.2 Å². The molecule has 2 rings (SSSR count). The standard InChI is InChI=1S/C14H20N2O3S/c1-10-12(15)5-2-6-13(10)16-14(17)9-20(18)8-11-4-3-7-19-11/h2,5-6,11H,3-4,7-9,15H2,1H3,(H,16,17). The molecule has 1 aliphatic rings. The molecule has 1 saturated heterocycles. The third kappa shape index (κ3) is 4.05. The molecule has 0 bridgehead atoms. The number of rotatable bonds is 5. The first-order valence-corrected chi connectivity index (χ1v) is 8.16. The smallest absolute Gasteiger partial charge is 0.237 e. The minimum Gasteiger partial charge on any atom is -0.398 e. The molecule has 1 fully saturated rings. The Balaban J connectivity index is 1.85. The summed E-state index contributed by atoms with van der Waals surface area (Å²) in [5.41, 5.74) is 7.90. The van der Waals surface area contributed by atoms with Crippen LogP contribution >= 0.6 is 0 Å². The summed E-state index contributed by atoms with van der Waals surface area (Å²) in [6, 6.07) is 5.34. The number of carbonyl (C=O) groups is 1. The van der Waals surface area contributed by atoms with Gasteiger partial charge in [0.2, 0.25) is 5.91 Å². The van der Waals surface area contributed by atoms with E-state index in [4.69, 9.17) is 10.5 Å². The number of nitrogens with two attached hydrogens (primary N) is 1. The molecule has 0 radical (unpaired) electrons. The summed E-state index contributed by atoms with van der Waals surface area (Å²) in [4.78, 5) is 11.9. The second kappa shape index (κ2) is 6.85. The van der Waals surface area contributed by atoms with Crippen LogP contribution in [0.1, 0.15) is 18.4 Å². The molecule has 3 N–H and O–H groups in total. The third-order valence-corrected chi connectivity index (χ3v) is 4.67. The van der Waals surface area contributed by atoms with Crippen LogP contribution in [0.3, 0.4) is 0 Å². The molecule has 0 spiro atoms. The van der Waals surface area contributed by atoms with Crippen LogP contribution in [0.2, 0.25) is 0 Å². The summed E-state index contributed by atoms with van der Waals surface area (Å²) < 4.78 is 17.3. The zero-order valence-electron chi connectivity index (χ0n) is 11.6. The predicted molar refractivity (Wildman–Crippen MR) is 81.1 cm³/mol. The Kier molecular flexibility index (Phi) is 5.14. The van der Waals surface area contributed by atoms with Crippen molar-refractivity contribution in [3.8, 4) is 0 Å². The van der Waals surface area contributed by atoms with Gasteiger partial charge in [0.15, 0.2) is 0 Å². The molecule has 2 atom stereocenters. The zero-order valence-corrected chi connectivity index (χ0v) is 12.4. The highest BCUT2D eigenvalue weighted by Gasteiger charge is 2.20. The van der Waals surface area contributed by atoms with Crippen molar-refractivity contribution in [2.45, 2.75) is 25.9 Å². The van der Waals surface area contributed by atoms with Crippen molar-refractivity contribution in [1.29, 1.82) is 0 Å². The fourth-order valence-electron chi connectivity index (χ4n) is 2.16. The minimum atomic E-state index is -1.19. The van der Waals surface area contributed by atoms with Crippen molar-refractivity contribution >= 4 is 28.1 Å². The first kappa shape index (κ1) is 15.0. The van der Waals surface area contributed by atoms with Gasteiger partial charge in [-0.3, -0.25) is 9.00 Å². The maximum Gasteiger partial charge on any atom is 0.237 e. The number of hydrogen-bond donors (Lipinski definition) is 2. The molecule has 5 nitrogen and oxygen atoms in total. The van der Waals surface area contributed by atoms with E-state index in [1.165, 1.54) is 0 Å². The number of anilines is 2. The van der Waals surface area contributed by atoms with Crippen molar-refractivity contribution in [2.75, 3.05) is 29.2 Å². The van der Waals surface area contributed by atoms with Crippen LogP contribution in [-0.4, -0.2) is 34.3 Å². The van der Waals surface area contributed by atoms with Crippen molar-refractivity contribution in [1.82, 2.24) is 0 Å². The van der Waals surface area contributed by atoms with Crippen LogP contribution < -0.4 is 11.1 Å². The number of nitrogen functional groups attached to an aromatic ring is 1. The van der Waals surface area contributed by atoms with E-state index < -0.39 is 10.8 Å². The Morgan fingerprint density at radius 2 is 2.35 bits per heavy atom. The van der Waals surface area contributed by atoms with Gasteiger partial charge < -0.3 is 15.8 Å². The fraction of sp³-hybridized carbons (Fsp3) is 0.500. The van der Waals surface area contributed by atoms with Gasteiger partial charge in [-0.05, 0) is 37.5 Å². The van der Waals surface area contributed by atoms with Crippen molar-refractivity contribution < 1.29 is 13.7 Å². The number of nitrogens with one attached hydrogen (secondary N) is 1. The highest BCUT2D eigenvalue weighted by atomic mass is 32.2. The molecule has 0 saturated carbocycles. The lowest BCUT2D eigenvalue weighted by molar-refractivity contribution is -0.113. The van der Waals surface area contributed by atoms with E-state index in [-0.39, 0.29) is 17.8 Å². The topological polar surface area (TPSA) is 81.4 Å². The quantitative estimate of drug-likeness (QED) is 0.806. The number of benzene rings is 1. The Hall–Kier alpha value is -1.40. The van der Waals surface area contributed by atoms with Gasteiger partial charge in [0.25, 0.3) is 0 Å². The summed E-state index contributed by atoms with van der Waals surface area (Å²) in [6.45, 7) is 2.57. The lowest BCUT2D eigenvalue weighted by Crippen LogP contribution is -2.25. The average molecular weight is 296 g/mol. The van der Waals surface area contributed by atoms with Crippen molar-refractivity contribution in [3.05, 3.63) is 23.8 Å². The SMILES string of the molecule is Cc1c(N)cccc1NC(=O)CS(=O)CC1CCCO1. The largest absolute Gasteiger partial charge is 0.398 e. The second-order valence-corrected chi connectivity index (χ2v) is 6.46. The molecular formula is C14H20N2O3S. The van der Waals surface area contributed by atoms with Gasteiger partial charge in [-0.15, -0.1) is 0 Å². The summed E-state index contributed by atoms with van der Waals surface area (Å²) in [5.74, 6) is 0.173. The number of ether oxygens (including phenoxy) is 1. The summed E-state index contributed by atoms with van der Waals surface area (Å²) >= 11 is 0. The van der Waals surface area contributed by atoms with Crippen LogP contribution in [0, 0.1) is 6.92 Å². The third-order valence-electron chi connectivity index (χ3n) is 3.34. The lowest BCUT2D eigenvalue weighted by Gasteiger charge is -2.11. The summed E-state index contributed by atoms with van der Waals surface area (Å²) in [6.07, 6.45) is 1.98. The number of hydrogen-bond acceptors (Lipinski definition) is 4. The maximum absolute atomic E-state index is 11.9. The molecule has 0 aromatic heterocycles. The zero-order chi connectivity index (χ0) is 14.5. The van der Waals surface area contributed by atoms with Crippen molar-refractivity contribution in [3.63, 3.8) is 0 Å². The van der Waals surface area contributed by atoms with E-state index in [1.54, 1.807) is 18.2 Å². The molecule has 1 aliphatic heterocycles. The summed E-state index contributed by atoms with van der Waals surface area (Å²) in [5, 5.41) is 2.75. The van der Waals surface area contributed by atoms with Gasteiger partial charge in [-0.2, -0.15) is 0 Å². The van der Waals surface area contributed by atoms with E-state index in [0.29, 0.717) is 17.1 Å². The van der Waals surface area contributed by atoms with Gasteiger partial charge in [-0.25, -0.2) is 0 Å². The normalized spacial score (nSPS) is 19.8. The van der Waals surface area contributed by atoms with Gasteiger partial charge >= 0.3 is 0 Å². The van der Waals surface area contributed by atoms with E-state index >= 15 is 0 Å². The molecule has 1 aromatic rings. The fourth-order valence-corrected chi connectivity index (χ4v) is 3.32. The second-order valence-electron chi connectivity index (χ2n) is 4.95. The monoisotopic (exact) mass is 296 g/mol. The molecule has 2 unspecified atom stereocenters. The van der Waals surface area contributed by atoms with E-state index in [2.05, 4.69) is 5.32 Å². The van der Waals surface area contributed by atoms with Crippen LogP contribution in [0.25, 0.3) is 0 Å². The molecule has 1 amide bonds. The molecule has 0 aliphatic carbocycles. The van der Waals surface area contributed by atoms with E-state index in [0.717, 1.165) is 25.0 Å². The molecule has 6 heteroatoms. The van der Waals surface area contributed by atoms with Crippen LogP contribution in [0.4, 0.5) is 11.4 Å². The highest BCUT2D eigenvalue weighted by Crippen LogP contribution is 2.20. The number of amides is 1. The molecule has 20 heavy (non-hydrogen) atoms. The Morgan fingerprint density at radius 3 is 3.05 bits per heavy atom. The van der Waals surface area contributed by atoms with Gasteiger partial charge in [-0.1, -0.05) is 6.07 Å². The lowest BCUT2D eigenvalue weighted by atomic mass is 10.1. The maximum atomic E-state index is 11.9. The minimum absolute atomic E-state index is 0.00585. The average Bonchev–Trinajstić information content (AvgIpc) is 2.87. The van der Waals surface area contributed by atoms with Gasteiger partial charge in [0.1, 0.15) is 5.75 Å². The van der Waals surface area contributed by atoms with Crippen molar-refractivity contribution in [2.24, 2.45) is 0 Å². The first-order chi connectivity index (χ1) is 9.56. The van der Waals surface area contributed by atoms with E-state index in [1.807, 2.05) is 6.92 Å². The van der Waals surface area contributed by atoms with E-state index in [9.17, 15) is 9.00 Å². The summed E-state index contributed by atoms with van der Waals surface area (Å²) in [7, 11) is -1.19.